The molecule has 0 aliphatic carbocycles. The number of hydrogen-bond donors (Lipinski definition) is 2. The fourth-order valence-corrected chi connectivity index (χ4v) is 7.86. The highest BCUT2D eigenvalue weighted by Crippen LogP contribution is 2.42. The van der Waals surface area contributed by atoms with E-state index in [-0.39, 0.29) is 30.8 Å². The average Bonchev–Trinajstić information content (AvgIpc) is 3.33. The van der Waals surface area contributed by atoms with Crippen molar-refractivity contribution in [1.29, 1.82) is 0 Å². The molecule has 0 radical (unpaired) electrons. The number of fused-ring (bicyclic) bond motifs is 1. The van der Waals surface area contributed by atoms with Crippen molar-refractivity contribution in [2.45, 2.75) is 135 Å². The van der Waals surface area contributed by atoms with Crippen LogP contribution in [0.2, 0.25) is 0 Å². The molecule has 0 aromatic heterocycles. The number of hydrogen-bond acceptors (Lipinski definition) is 14. The zero-order valence-electron chi connectivity index (χ0n) is 31.9. The van der Waals surface area contributed by atoms with E-state index in [2.05, 4.69) is 10.2 Å². The lowest BCUT2D eigenvalue weighted by molar-refractivity contribution is -0.295. The highest BCUT2D eigenvalue weighted by Gasteiger charge is 2.61. The number of carbonyl (C=O) groups excluding carboxylic acids is 6. The molecule has 2 amide bonds. The number of amides is 2. The van der Waals surface area contributed by atoms with Crippen molar-refractivity contribution >= 4 is 35.5 Å². The molecule has 0 aromatic rings. The Balaban J connectivity index is 2.14. The van der Waals surface area contributed by atoms with Gasteiger partial charge in [-0.2, -0.15) is 0 Å². The Kier molecular flexibility index (Phi) is 13.8. The number of carbonyl (C=O) groups is 6. The normalized spacial score (nSPS) is 39.9. The zero-order chi connectivity index (χ0) is 38.7. The molecule has 51 heavy (non-hydrogen) atoms. The summed E-state index contributed by atoms with van der Waals surface area (Å²) in [4.78, 5) is 82.2. The maximum Gasteiger partial charge on any atom is 0.429 e. The second kappa shape index (κ2) is 16.7. The minimum absolute atomic E-state index is 0.00735. The summed E-state index contributed by atoms with van der Waals surface area (Å²) in [5.74, 6) is -7.71. The SMILES string of the molecule is CC[C@H]1OC(=O)[C@H](C)C(=O)[C@H](C)[C@@H](O[C@@H]2O[C@H](C)C[C@H](N(C)C)[C@H]2O)[C@](C)(OC)C[C@@H](C)C(=O)[C@H](C)[C@H]2N(NC(=O)CC(=O)OC)C(=O)O[C@]12C. The van der Waals surface area contributed by atoms with Crippen molar-refractivity contribution in [1.82, 2.24) is 15.3 Å². The fourth-order valence-electron chi connectivity index (χ4n) is 7.86. The summed E-state index contributed by atoms with van der Waals surface area (Å²) in [5.41, 5.74) is -0.662. The number of nitrogens with zero attached hydrogens (tertiary/aromatic N) is 2. The van der Waals surface area contributed by atoms with Crippen LogP contribution in [0, 0.1) is 23.7 Å². The van der Waals surface area contributed by atoms with Gasteiger partial charge in [-0.15, -0.1) is 0 Å². The third-order valence-corrected chi connectivity index (χ3v) is 10.8. The number of ketones is 2. The molecule has 16 nitrogen and oxygen atoms in total. The molecule has 290 valence electrons. The van der Waals surface area contributed by atoms with Gasteiger partial charge >= 0.3 is 18.0 Å². The van der Waals surface area contributed by atoms with E-state index >= 15 is 0 Å². The van der Waals surface area contributed by atoms with E-state index in [1.165, 1.54) is 21.0 Å². The van der Waals surface area contributed by atoms with E-state index in [1.807, 2.05) is 25.9 Å². The second-order valence-electron chi connectivity index (χ2n) is 14.8. The number of methoxy groups -OCH3 is 2. The van der Waals surface area contributed by atoms with Crippen molar-refractivity contribution in [3.8, 4) is 0 Å². The molecule has 2 N–H and O–H groups in total. The van der Waals surface area contributed by atoms with Gasteiger partial charge in [0.2, 0.25) is 5.91 Å². The molecular weight excluding hydrogens is 670 g/mol. The van der Waals surface area contributed by atoms with Crippen LogP contribution >= 0.6 is 0 Å². The van der Waals surface area contributed by atoms with Crippen molar-refractivity contribution in [2.75, 3.05) is 28.3 Å². The van der Waals surface area contributed by atoms with Gasteiger partial charge in [-0.25, -0.2) is 9.80 Å². The Morgan fingerprint density at radius 2 is 1.65 bits per heavy atom. The molecule has 3 saturated heterocycles. The van der Waals surface area contributed by atoms with Crippen molar-refractivity contribution in [3.05, 3.63) is 0 Å². The number of aliphatic hydroxyl groups excluding tert-OH is 1. The Morgan fingerprint density at radius 3 is 2.20 bits per heavy atom. The second-order valence-corrected chi connectivity index (χ2v) is 14.8. The van der Waals surface area contributed by atoms with Gasteiger partial charge in [0.25, 0.3) is 0 Å². The molecule has 3 aliphatic heterocycles. The Hall–Kier alpha value is -3.18. The summed E-state index contributed by atoms with van der Waals surface area (Å²) < 4.78 is 34.9. The van der Waals surface area contributed by atoms with Crippen LogP contribution < -0.4 is 5.43 Å². The van der Waals surface area contributed by atoms with E-state index < -0.39 is 102 Å². The first-order valence-electron chi connectivity index (χ1n) is 17.5. The first-order chi connectivity index (χ1) is 23.7. The molecule has 0 aromatic carbocycles. The molecule has 0 bridgehead atoms. The van der Waals surface area contributed by atoms with E-state index in [4.69, 9.17) is 23.7 Å². The van der Waals surface area contributed by atoms with Gasteiger partial charge in [0.05, 0.1) is 24.9 Å². The monoisotopic (exact) mass is 727 g/mol. The van der Waals surface area contributed by atoms with Crippen LogP contribution in [0.25, 0.3) is 0 Å². The average molecular weight is 728 g/mol. The summed E-state index contributed by atoms with van der Waals surface area (Å²) in [6, 6.07) is -1.54. The van der Waals surface area contributed by atoms with E-state index in [9.17, 15) is 33.9 Å². The minimum Gasteiger partial charge on any atom is -0.469 e. The summed E-state index contributed by atoms with van der Waals surface area (Å²) in [7, 11) is 6.20. The van der Waals surface area contributed by atoms with E-state index in [1.54, 1.807) is 34.6 Å². The van der Waals surface area contributed by atoms with Gasteiger partial charge < -0.3 is 38.4 Å². The van der Waals surface area contributed by atoms with Crippen LogP contribution in [0.1, 0.15) is 81.1 Å². The first kappa shape index (κ1) is 42.2. The van der Waals surface area contributed by atoms with E-state index in [0.717, 1.165) is 12.1 Å². The zero-order valence-corrected chi connectivity index (χ0v) is 31.9. The summed E-state index contributed by atoms with van der Waals surface area (Å²) in [6.45, 7) is 13.0. The highest BCUT2D eigenvalue weighted by atomic mass is 16.7. The fraction of sp³-hybridized carbons (Fsp3) is 0.829. The number of likely N-dealkylation sites (N-methyl/N-ethyl adjacent to an activating group) is 1. The smallest absolute Gasteiger partial charge is 0.429 e. The number of cyclic esters (lactones) is 1. The van der Waals surface area contributed by atoms with Crippen molar-refractivity contribution in [2.24, 2.45) is 23.7 Å². The number of Topliss-reactive ketones (excluding diaryl/α,β-unsaturated/α-hetero) is 2. The number of ether oxygens (including phenoxy) is 6. The van der Waals surface area contributed by atoms with E-state index in [0.29, 0.717) is 6.42 Å². The van der Waals surface area contributed by atoms with Crippen molar-refractivity contribution < 1.29 is 62.3 Å². The molecule has 16 heteroatoms. The minimum atomic E-state index is -1.68. The third-order valence-electron chi connectivity index (χ3n) is 10.8. The highest BCUT2D eigenvalue weighted by molar-refractivity contribution is 6.00. The molecule has 0 saturated carbocycles. The molecule has 0 unspecified atom stereocenters. The van der Waals surface area contributed by atoms with Crippen LogP contribution in [0.5, 0.6) is 0 Å². The molecule has 13 atom stereocenters. The number of aliphatic hydroxyl groups is 1. The van der Waals surface area contributed by atoms with Crippen LogP contribution in [0.4, 0.5) is 4.79 Å². The Morgan fingerprint density at radius 1 is 1.02 bits per heavy atom. The first-order valence-corrected chi connectivity index (χ1v) is 17.5. The number of nitrogens with one attached hydrogen (secondary N) is 1. The standard InChI is InChI=1S/C35H57N3O13/c1-13-23-35(8)29(38(33(45)51-35)36-24(39)15-25(40)46-11)19(4)26(41)17(2)16-34(7,47-12)30(20(5)27(42)21(6)31(44)49-23)50-32-28(43)22(37(9)10)14-18(3)48-32/h17-23,28-30,32,43H,13-16H2,1-12H3,(H,36,39)/t17-,18-,19+,20+,21-,22+,23-,28-,29-,30-,32+,34-,35-/m1/s1. The van der Waals surface area contributed by atoms with Crippen molar-refractivity contribution in [3.63, 3.8) is 0 Å². The molecule has 3 heterocycles. The van der Waals surface area contributed by atoms with Crippen LogP contribution in [-0.2, 0) is 52.4 Å². The van der Waals surface area contributed by atoms with Gasteiger partial charge in [-0.1, -0.05) is 27.7 Å². The molecule has 0 spiro atoms. The van der Waals surface area contributed by atoms with Gasteiger partial charge in [0.15, 0.2) is 17.7 Å². The largest absolute Gasteiger partial charge is 0.469 e. The topological polar surface area (TPSA) is 197 Å². The predicted octanol–water partition coefficient (Wildman–Crippen LogP) is 1.78. The van der Waals surface area contributed by atoms with Gasteiger partial charge in [-0.05, 0) is 61.1 Å². The van der Waals surface area contributed by atoms with Gasteiger partial charge in [-0.3, -0.25) is 29.4 Å². The number of rotatable bonds is 8. The lowest BCUT2D eigenvalue weighted by Gasteiger charge is -2.47. The number of hydrazine groups is 1. The molecule has 3 fully saturated rings. The quantitative estimate of drug-likeness (QED) is 0.209. The maximum atomic E-state index is 14.4. The Labute approximate surface area is 300 Å². The third kappa shape index (κ3) is 8.73. The van der Waals surface area contributed by atoms with Crippen LogP contribution in [0.3, 0.4) is 0 Å². The Bertz CT molecular complexity index is 1330. The maximum absolute atomic E-state index is 14.4. The van der Waals surface area contributed by atoms with Gasteiger partial charge in [0, 0.05) is 30.9 Å². The molecule has 3 rings (SSSR count). The van der Waals surface area contributed by atoms with Crippen LogP contribution in [0.15, 0.2) is 0 Å². The van der Waals surface area contributed by atoms with Gasteiger partial charge in [0.1, 0.15) is 36.4 Å². The summed E-state index contributed by atoms with van der Waals surface area (Å²) in [6.07, 6.45) is -5.95. The lowest BCUT2D eigenvalue weighted by Crippen LogP contribution is -2.61. The predicted molar refractivity (Wildman–Crippen MR) is 179 cm³/mol. The van der Waals surface area contributed by atoms with Crippen LogP contribution in [-0.4, -0.2) is 133 Å². The molecule has 3 aliphatic rings. The molecular formula is C35H57N3O13. The number of esters is 2. The summed E-state index contributed by atoms with van der Waals surface area (Å²) >= 11 is 0. The summed E-state index contributed by atoms with van der Waals surface area (Å²) in [5, 5.41) is 12.2. The lowest BCUT2D eigenvalue weighted by atomic mass is 9.73.